The summed E-state index contributed by atoms with van der Waals surface area (Å²) in [6.07, 6.45) is 4.16. The SMILES string of the molecule is Cc1ccc(NC(=O)CCC(=O)NNC(=O)/C=C/c2ccco2)c(C)c1. The van der Waals surface area contributed by atoms with E-state index in [1.165, 1.54) is 18.4 Å². The molecule has 0 saturated heterocycles. The van der Waals surface area contributed by atoms with Gasteiger partial charge in [0.15, 0.2) is 0 Å². The van der Waals surface area contributed by atoms with Gasteiger partial charge in [0, 0.05) is 24.6 Å². The van der Waals surface area contributed by atoms with Gasteiger partial charge in [-0.1, -0.05) is 17.7 Å². The van der Waals surface area contributed by atoms with Crippen LogP contribution < -0.4 is 16.2 Å². The van der Waals surface area contributed by atoms with E-state index in [9.17, 15) is 14.4 Å². The van der Waals surface area contributed by atoms with Crippen LogP contribution in [-0.4, -0.2) is 17.7 Å². The lowest BCUT2D eigenvalue weighted by atomic mass is 10.1. The summed E-state index contributed by atoms with van der Waals surface area (Å²) in [6, 6.07) is 9.09. The normalized spacial score (nSPS) is 10.5. The first kappa shape index (κ1) is 19.0. The number of furan rings is 1. The Labute approximate surface area is 151 Å². The number of hydrazine groups is 1. The van der Waals surface area contributed by atoms with Crippen LogP contribution in [0.4, 0.5) is 5.69 Å². The van der Waals surface area contributed by atoms with Crippen LogP contribution in [0.25, 0.3) is 6.08 Å². The molecule has 0 aliphatic rings. The summed E-state index contributed by atoms with van der Waals surface area (Å²) in [7, 11) is 0. The van der Waals surface area contributed by atoms with Gasteiger partial charge in [0.25, 0.3) is 5.91 Å². The largest absolute Gasteiger partial charge is 0.465 e. The first-order chi connectivity index (χ1) is 12.4. The van der Waals surface area contributed by atoms with E-state index in [1.807, 2.05) is 32.0 Å². The molecule has 0 aliphatic heterocycles. The fraction of sp³-hybridized carbons (Fsp3) is 0.211. The zero-order chi connectivity index (χ0) is 18.9. The van der Waals surface area contributed by atoms with Gasteiger partial charge in [0.2, 0.25) is 11.8 Å². The topological polar surface area (TPSA) is 100 Å². The van der Waals surface area contributed by atoms with Crippen LogP contribution in [0, 0.1) is 13.8 Å². The van der Waals surface area contributed by atoms with Crippen molar-refractivity contribution in [2.24, 2.45) is 0 Å². The lowest BCUT2D eigenvalue weighted by Gasteiger charge is -2.09. The number of anilines is 1. The van der Waals surface area contributed by atoms with Gasteiger partial charge in [-0.25, -0.2) is 0 Å². The fourth-order valence-electron chi connectivity index (χ4n) is 2.17. The molecule has 0 saturated carbocycles. The van der Waals surface area contributed by atoms with E-state index in [0.717, 1.165) is 16.8 Å². The first-order valence-corrected chi connectivity index (χ1v) is 8.11. The Morgan fingerprint density at radius 2 is 1.81 bits per heavy atom. The number of nitrogens with one attached hydrogen (secondary N) is 3. The van der Waals surface area contributed by atoms with E-state index in [-0.39, 0.29) is 18.7 Å². The molecule has 0 bridgehead atoms. The molecule has 0 radical (unpaired) electrons. The Morgan fingerprint density at radius 3 is 2.50 bits per heavy atom. The van der Waals surface area contributed by atoms with E-state index in [4.69, 9.17) is 4.42 Å². The Bertz CT molecular complexity index is 810. The summed E-state index contributed by atoms with van der Waals surface area (Å²) in [5.74, 6) is -0.708. The predicted octanol–water partition coefficient (Wildman–Crippen LogP) is 2.48. The van der Waals surface area contributed by atoms with Crippen LogP contribution in [0.15, 0.2) is 47.1 Å². The molecule has 3 N–H and O–H groups in total. The highest BCUT2D eigenvalue weighted by molar-refractivity contribution is 5.95. The molecule has 136 valence electrons. The molecular weight excluding hydrogens is 334 g/mol. The standard InChI is InChI=1S/C19H21N3O4/c1-13-5-7-16(14(2)12-13)20-17(23)9-10-19(25)22-21-18(24)8-6-15-4-3-11-26-15/h3-8,11-12H,9-10H2,1-2H3,(H,20,23)(H,21,24)(H,22,25)/b8-6+. The summed E-state index contributed by atoms with van der Waals surface area (Å²) in [5, 5.41) is 2.77. The van der Waals surface area contributed by atoms with Crippen LogP contribution in [0.1, 0.15) is 29.7 Å². The highest BCUT2D eigenvalue weighted by Gasteiger charge is 2.09. The lowest BCUT2D eigenvalue weighted by Crippen LogP contribution is -2.41. The van der Waals surface area contributed by atoms with Crippen molar-refractivity contribution in [2.45, 2.75) is 26.7 Å². The third-order valence-corrected chi connectivity index (χ3v) is 3.50. The summed E-state index contributed by atoms with van der Waals surface area (Å²) < 4.78 is 5.04. The Hall–Kier alpha value is -3.35. The molecule has 1 aromatic heterocycles. The van der Waals surface area contributed by atoms with Gasteiger partial charge in [-0.2, -0.15) is 0 Å². The van der Waals surface area contributed by atoms with Crippen LogP contribution >= 0.6 is 0 Å². The second-order valence-corrected chi connectivity index (χ2v) is 5.75. The number of aryl methyl sites for hydroxylation is 2. The monoisotopic (exact) mass is 355 g/mol. The molecule has 1 heterocycles. The molecule has 2 rings (SSSR count). The van der Waals surface area contributed by atoms with Crippen molar-refractivity contribution in [2.75, 3.05) is 5.32 Å². The summed E-state index contributed by atoms with van der Waals surface area (Å²) in [6.45, 7) is 3.88. The summed E-state index contributed by atoms with van der Waals surface area (Å²) in [5.41, 5.74) is 7.27. The molecule has 2 aromatic rings. The van der Waals surface area contributed by atoms with Crippen molar-refractivity contribution in [1.82, 2.24) is 10.9 Å². The molecule has 1 aromatic carbocycles. The van der Waals surface area contributed by atoms with Crippen molar-refractivity contribution >= 4 is 29.5 Å². The fourth-order valence-corrected chi connectivity index (χ4v) is 2.17. The molecule has 0 atom stereocenters. The molecule has 0 unspecified atom stereocenters. The minimum absolute atomic E-state index is 0.0112. The highest BCUT2D eigenvalue weighted by Crippen LogP contribution is 2.16. The van der Waals surface area contributed by atoms with Crippen LogP contribution in [0.2, 0.25) is 0 Å². The van der Waals surface area contributed by atoms with Gasteiger partial charge in [-0.05, 0) is 43.7 Å². The second-order valence-electron chi connectivity index (χ2n) is 5.75. The average molecular weight is 355 g/mol. The Kier molecular flexibility index (Phi) is 6.73. The van der Waals surface area contributed by atoms with Crippen molar-refractivity contribution in [3.05, 3.63) is 59.6 Å². The van der Waals surface area contributed by atoms with Crippen molar-refractivity contribution in [3.63, 3.8) is 0 Å². The maximum Gasteiger partial charge on any atom is 0.262 e. The first-order valence-electron chi connectivity index (χ1n) is 8.11. The maximum atomic E-state index is 11.9. The molecule has 7 heteroatoms. The molecule has 0 fully saturated rings. The van der Waals surface area contributed by atoms with E-state index >= 15 is 0 Å². The zero-order valence-corrected chi connectivity index (χ0v) is 14.7. The lowest BCUT2D eigenvalue weighted by molar-refractivity contribution is -0.128. The Morgan fingerprint density at radius 1 is 1.04 bits per heavy atom. The third-order valence-electron chi connectivity index (χ3n) is 3.50. The van der Waals surface area contributed by atoms with Gasteiger partial charge >= 0.3 is 0 Å². The van der Waals surface area contributed by atoms with Crippen LogP contribution in [0.5, 0.6) is 0 Å². The zero-order valence-electron chi connectivity index (χ0n) is 14.7. The number of amides is 3. The number of carbonyl (C=O) groups excluding carboxylic acids is 3. The molecule has 26 heavy (non-hydrogen) atoms. The van der Waals surface area contributed by atoms with Gasteiger partial charge in [-0.15, -0.1) is 0 Å². The summed E-state index contributed by atoms with van der Waals surface area (Å²) in [4.78, 5) is 35.2. The number of rotatable bonds is 6. The molecule has 7 nitrogen and oxygen atoms in total. The van der Waals surface area contributed by atoms with Crippen molar-refractivity contribution in [3.8, 4) is 0 Å². The number of hydrogen-bond donors (Lipinski definition) is 3. The predicted molar refractivity (Wildman–Crippen MR) is 97.8 cm³/mol. The summed E-state index contributed by atoms with van der Waals surface area (Å²) >= 11 is 0. The number of carbonyl (C=O) groups is 3. The number of benzene rings is 1. The molecule has 3 amide bonds. The van der Waals surface area contributed by atoms with Gasteiger partial charge < -0.3 is 9.73 Å². The van der Waals surface area contributed by atoms with Crippen molar-refractivity contribution < 1.29 is 18.8 Å². The minimum Gasteiger partial charge on any atom is -0.465 e. The smallest absolute Gasteiger partial charge is 0.262 e. The quantitative estimate of drug-likeness (QED) is 0.547. The number of hydrogen-bond acceptors (Lipinski definition) is 4. The van der Waals surface area contributed by atoms with E-state index in [0.29, 0.717) is 5.76 Å². The maximum absolute atomic E-state index is 11.9. The second kappa shape index (κ2) is 9.22. The third kappa shape index (κ3) is 6.27. The van der Waals surface area contributed by atoms with Gasteiger partial charge in [0.05, 0.1) is 6.26 Å². The minimum atomic E-state index is -0.505. The van der Waals surface area contributed by atoms with E-state index in [1.54, 1.807) is 12.1 Å². The van der Waals surface area contributed by atoms with E-state index < -0.39 is 11.8 Å². The highest BCUT2D eigenvalue weighted by atomic mass is 16.3. The molecule has 0 aliphatic carbocycles. The van der Waals surface area contributed by atoms with Crippen molar-refractivity contribution in [1.29, 1.82) is 0 Å². The van der Waals surface area contributed by atoms with Gasteiger partial charge in [-0.3, -0.25) is 25.2 Å². The van der Waals surface area contributed by atoms with Gasteiger partial charge in [0.1, 0.15) is 5.76 Å². The Balaban J connectivity index is 1.69. The van der Waals surface area contributed by atoms with E-state index in [2.05, 4.69) is 16.2 Å². The van der Waals surface area contributed by atoms with Crippen LogP contribution in [0.3, 0.4) is 0 Å². The molecule has 0 spiro atoms. The average Bonchev–Trinajstić information content (AvgIpc) is 3.12. The van der Waals surface area contributed by atoms with Crippen LogP contribution in [-0.2, 0) is 14.4 Å². The molecular formula is C19H21N3O4.